The Morgan fingerprint density at radius 1 is 1.33 bits per heavy atom. The van der Waals surface area contributed by atoms with Crippen LogP contribution in [-0.2, 0) is 10.0 Å². The zero-order valence-corrected chi connectivity index (χ0v) is 15.3. The van der Waals surface area contributed by atoms with E-state index in [0.29, 0.717) is 12.0 Å². The predicted molar refractivity (Wildman–Crippen MR) is 94.5 cm³/mol. The van der Waals surface area contributed by atoms with Gasteiger partial charge in [-0.1, -0.05) is 6.92 Å². The van der Waals surface area contributed by atoms with E-state index in [4.69, 9.17) is 0 Å². The Balaban J connectivity index is 2.04. The van der Waals surface area contributed by atoms with Crippen LogP contribution in [0, 0.1) is 0 Å². The average Bonchev–Trinajstić information content (AvgIpc) is 2.56. The second-order valence-corrected chi connectivity index (χ2v) is 8.13. The number of amides is 1. The minimum Gasteiger partial charge on any atom is -0.348 e. The highest BCUT2D eigenvalue weighted by molar-refractivity contribution is 7.89. The van der Waals surface area contributed by atoms with E-state index in [9.17, 15) is 13.2 Å². The van der Waals surface area contributed by atoms with Gasteiger partial charge in [-0.25, -0.2) is 13.1 Å². The van der Waals surface area contributed by atoms with Crippen LogP contribution in [0.4, 0.5) is 0 Å². The Morgan fingerprint density at radius 3 is 2.58 bits per heavy atom. The summed E-state index contributed by atoms with van der Waals surface area (Å²) in [4.78, 5) is 12.5. The van der Waals surface area contributed by atoms with Crippen molar-refractivity contribution in [2.75, 3.05) is 6.54 Å². The SMILES string of the molecule is CCC(C)NS(=O)(=O)c1ccc(C(=O)NC2CCCNC2C)cc1. The maximum Gasteiger partial charge on any atom is 0.251 e. The molecule has 0 spiro atoms. The molecule has 1 aliphatic rings. The van der Waals surface area contributed by atoms with Crippen molar-refractivity contribution in [2.24, 2.45) is 0 Å². The number of benzene rings is 1. The Labute approximate surface area is 144 Å². The lowest BCUT2D eigenvalue weighted by Gasteiger charge is -2.30. The van der Waals surface area contributed by atoms with Gasteiger partial charge in [0.05, 0.1) is 4.90 Å². The lowest BCUT2D eigenvalue weighted by molar-refractivity contribution is 0.0919. The zero-order valence-electron chi connectivity index (χ0n) is 14.5. The quantitative estimate of drug-likeness (QED) is 0.725. The van der Waals surface area contributed by atoms with Gasteiger partial charge in [0.1, 0.15) is 0 Å². The molecule has 0 aromatic heterocycles. The van der Waals surface area contributed by atoms with Gasteiger partial charge < -0.3 is 10.6 Å². The first-order valence-corrected chi connectivity index (χ1v) is 9.98. The van der Waals surface area contributed by atoms with E-state index in [0.717, 1.165) is 19.4 Å². The minimum atomic E-state index is -3.54. The number of piperidine rings is 1. The molecule has 0 saturated carbocycles. The fourth-order valence-corrected chi connectivity index (χ4v) is 4.02. The number of nitrogens with one attached hydrogen (secondary N) is 3. The summed E-state index contributed by atoms with van der Waals surface area (Å²) >= 11 is 0. The lowest BCUT2D eigenvalue weighted by Crippen LogP contribution is -2.51. The largest absolute Gasteiger partial charge is 0.348 e. The molecule has 1 amide bonds. The molecule has 1 aromatic carbocycles. The van der Waals surface area contributed by atoms with Crippen molar-refractivity contribution in [3.05, 3.63) is 29.8 Å². The van der Waals surface area contributed by atoms with E-state index in [2.05, 4.69) is 22.3 Å². The van der Waals surface area contributed by atoms with Crippen LogP contribution in [-0.4, -0.2) is 39.0 Å². The molecule has 1 saturated heterocycles. The van der Waals surface area contributed by atoms with Crippen molar-refractivity contribution < 1.29 is 13.2 Å². The van der Waals surface area contributed by atoms with Gasteiger partial charge in [0, 0.05) is 23.7 Å². The Hall–Kier alpha value is -1.44. The standard InChI is InChI=1S/C17H27N3O3S/c1-4-12(2)20-24(22,23)15-9-7-14(8-10-15)17(21)19-16-6-5-11-18-13(16)3/h7-10,12-13,16,18,20H,4-6,11H2,1-3H3,(H,19,21). The molecular formula is C17H27N3O3S. The highest BCUT2D eigenvalue weighted by Gasteiger charge is 2.23. The summed E-state index contributed by atoms with van der Waals surface area (Å²) in [7, 11) is -3.54. The fraction of sp³-hybridized carbons (Fsp3) is 0.588. The van der Waals surface area contributed by atoms with Crippen molar-refractivity contribution >= 4 is 15.9 Å². The molecule has 1 heterocycles. The third-order valence-corrected chi connectivity index (χ3v) is 6.08. The molecule has 134 valence electrons. The maximum absolute atomic E-state index is 12.3. The Morgan fingerprint density at radius 2 is 2.00 bits per heavy atom. The van der Waals surface area contributed by atoms with E-state index in [-0.39, 0.29) is 28.9 Å². The summed E-state index contributed by atoms with van der Waals surface area (Å²) in [6.45, 7) is 6.77. The van der Waals surface area contributed by atoms with Crippen molar-refractivity contribution in [3.63, 3.8) is 0 Å². The second kappa shape index (κ2) is 8.09. The Bertz CT molecular complexity index is 658. The van der Waals surface area contributed by atoms with Crippen molar-refractivity contribution in [1.82, 2.24) is 15.4 Å². The first-order valence-electron chi connectivity index (χ1n) is 8.50. The van der Waals surface area contributed by atoms with E-state index >= 15 is 0 Å². The van der Waals surface area contributed by atoms with Gasteiger partial charge in [-0.15, -0.1) is 0 Å². The topological polar surface area (TPSA) is 87.3 Å². The number of carbonyl (C=O) groups is 1. The van der Waals surface area contributed by atoms with Gasteiger partial charge in [0.25, 0.3) is 5.91 Å². The highest BCUT2D eigenvalue weighted by atomic mass is 32.2. The van der Waals surface area contributed by atoms with Crippen molar-refractivity contribution in [1.29, 1.82) is 0 Å². The van der Waals surface area contributed by atoms with Crippen LogP contribution >= 0.6 is 0 Å². The number of hydrogen-bond donors (Lipinski definition) is 3. The molecule has 0 radical (unpaired) electrons. The van der Waals surface area contributed by atoms with Crippen LogP contribution in [0.2, 0.25) is 0 Å². The van der Waals surface area contributed by atoms with E-state index in [1.54, 1.807) is 12.1 Å². The number of sulfonamides is 1. The molecule has 0 aliphatic carbocycles. The first-order chi connectivity index (χ1) is 11.3. The van der Waals surface area contributed by atoms with E-state index in [1.165, 1.54) is 12.1 Å². The molecule has 6 nitrogen and oxygen atoms in total. The summed E-state index contributed by atoms with van der Waals surface area (Å²) < 4.78 is 27.1. The molecule has 3 unspecified atom stereocenters. The molecule has 7 heteroatoms. The monoisotopic (exact) mass is 353 g/mol. The van der Waals surface area contributed by atoms with Crippen molar-refractivity contribution in [3.8, 4) is 0 Å². The molecule has 0 bridgehead atoms. The molecule has 2 rings (SSSR count). The lowest BCUT2D eigenvalue weighted by atomic mass is 9.99. The van der Waals surface area contributed by atoms with Gasteiger partial charge in [0.15, 0.2) is 0 Å². The smallest absolute Gasteiger partial charge is 0.251 e. The number of rotatable bonds is 6. The average molecular weight is 353 g/mol. The molecule has 3 N–H and O–H groups in total. The van der Waals surface area contributed by atoms with Crippen molar-refractivity contribution in [2.45, 2.75) is 63.1 Å². The summed E-state index contributed by atoms with van der Waals surface area (Å²) in [5.74, 6) is -0.172. The normalized spacial score (nSPS) is 22.8. The van der Waals surface area contributed by atoms with Crippen LogP contribution in [0.1, 0.15) is 50.4 Å². The summed E-state index contributed by atoms with van der Waals surface area (Å²) in [6, 6.07) is 6.27. The molecule has 1 aromatic rings. The van der Waals surface area contributed by atoms with Gasteiger partial charge >= 0.3 is 0 Å². The van der Waals surface area contributed by atoms with Crippen LogP contribution in [0.25, 0.3) is 0 Å². The summed E-state index contributed by atoms with van der Waals surface area (Å²) in [6.07, 6.45) is 2.70. The van der Waals surface area contributed by atoms with Gasteiger partial charge in [-0.05, 0) is 63.9 Å². The molecule has 1 aliphatic heterocycles. The van der Waals surface area contributed by atoms with Crippen LogP contribution in [0.15, 0.2) is 29.2 Å². The van der Waals surface area contributed by atoms with Crippen LogP contribution in [0.3, 0.4) is 0 Å². The van der Waals surface area contributed by atoms with Crippen LogP contribution < -0.4 is 15.4 Å². The molecule has 1 fully saturated rings. The Kier molecular flexibility index (Phi) is 6.37. The number of carbonyl (C=O) groups excluding carboxylic acids is 1. The number of hydrogen-bond acceptors (Lipinski definition) is 4. The fourth-order valence-electron chi connectivity index (χ4n) is 2.69. The minimum absolute atomic E-state index is 0.0988. The molecular weight excluding hydrogens is 326 g/mol. The third kappa shape index (κ3) is 4.78. The molecule has 3 atom stereocenters. The third-order valence-electron chi connectivity index (χ3n) is 4.47. The second-order valence-electron chi connectivity index (χ2n) is 6.42. The van der Waals surface area contributed by atoms with Gasteiger partial charge in [0.2, 0.25) is 10.0 Å². The summed E-state index contributed by atoms with van der Waals surface area (Å²) in [5.41, 5.74) is 0.468. The van der Waals surface area contributed by atoms with Gasteiger partial charge in [-0.2, -0.15) is 0 Å². The first kappa shape index (κ1) is 18.9. The van der Waals surface area contributed by atoms with Gasteiger partial charge in [-0.3, -0.25) is 4.79 Å². The zero-order chi connectivity index (χ0) is 17.7. The van der Waals surface area contributed by atoms with Crippen LogP contribution in [0.5, 0.6) is 0 Å². The van der Waals surface area contributed by atoms with E-state index < -0.39 is 10.0 Å². The summed E-state index contributed by atoms with van der Waals surface area (Å²) in [5, 5.41) is 6.36. The van der Waals surface area contributed by atoms with E-state index in [1.807, 2.05) is 13.8 Å². The maximum atomic E-state index is 12.3. The predicted octanol–water partition coefficient (Wildman–Crippen LogP) is 1.63. The molecule has 24 heavy (non-hydrogen) atoms. The highest BCUT2D eigenvalue weighted by Crippen LogP contribution is 2.13.